The minimum atomic E-state index is -0.0818. The van der Waals surface area contributed by atoms with E-state index in [4.69, 9.17) is 0 Å². The average molecular weight is 240 g/mol. The fourth-order valence-electron chi connectivity index (χ4n) is 1.19. The molecule has 0 atom stereocenters. The summed E-state index contributed by atoms with van der Waals surface area (Å²) in [6.07, 6.45) is 2.89. The van der Waals surface area contributed by atoms with E-state index < -0.39 is 0 Å². The Hall–Kier alpha value is -1.20. The molecule has 17 heavy (non-hydrogen) atoms. The van der Waals surface area contributed by atoms with E-state index >= 15 is 0 Å². The maximum Gasteiger partial charge on any atom is 0.248 e. The van der Waals surface area contributed by atoms with Crippen molar-refractivity contribution in [3.63, 3.8) is 0 Å². The zero-order valence-corrected chi connectivity index (χ0v) is 11.3. The molecule has 1 amide bonds. The van der Waals surface area contributed by atoms with Gasteiger partial charge in [-0.25, -0.2) is 0 Å². The van der Waals surface area contributed by atoms with E-state index in [0.29, 0.717) is 5.57 Å². The van der Waals surface area contributed by atoms with Crippen LogP contribution >= 0.6 is 0 Å². The third-order valence-corrected chi connectivity index (χ3v) is 2.41. The molecule has 0 radical (unpaired) electrons. The van der Waals surface area contributed by atoms with Gasteiger partial charge in [-0.05, 0) is 40.4 Å². The van der Waals surface area contributed by atoms with Gasteiger partial charge in [0.15, 0.2) is 0 Å². The molecule has 0 fully saturated rings. The number of rotatable bonds is 8. The Balaban J connectivity index is 3.88. The SMILES string of the molecule is CNCCCNCC=N/C(C)=C(\C)C(=O)NC. The minimum absolute atomic E-state index is 0.0818. The number of nitrogens with zero attached hydrogens (tertiary/aromatic N) is 1. The zero-order chi connectivity index (χ0) is 13.1. The summed E-state index contributed by atoms with van der Waals surface area (Å²) in [5, 5.41) is 8.91. The van der Waals surface area contributed by atoms with Crippen LogP contribution in [-0.4, -0.2) is 45.9 Å². The first-order chi connectivity index (χ1) is 8.13. The van der Waals surface area contributed by atoms with Gasteiger partial charge in [-0.15, -0.1) is 0 Å². The topological polar surface area (TPSA) is 65.5 Å². The van der Waals surface area contributed by atoms with Crippen molar-refractivity contribution in [3.05, 3.63) is 11.3 Å². The molecule has 0 spiro atoms. The van der Waals surface area contributed by atoms with Crippen molar-refractivity contribution in [1.29, 1.82) is 0 Å². The number of likely N-dealkylation sites (N-methyl/N-ethyl adjacent to an activating group) is 1. The van der Waals surface area contributed by atoms with Crippen molar-refractivity contribution in [2.75, 3.05) is 33.7 Å². The van der Waals surface area contributed by atoms with Crippen LogP contribution in [0.2, 0.25) is 0 Å². The first kappa shape index (κ1) is 15.8. The number of amides is 1. The van der Waals surface area contributed by atoms with Crippen LogP contribution in [0.1, 0.15) is 20.3 Å². The molecule has 0 heterocycles. The monoisotopic (exact) mass is 240 g/mol. The molecule has 0 aromatic rings. The van der Waals surface area contributed by atoms with E-state index in [9.17, 15) is 4.79 Å². The van der Waals surface area contributed by atoms with Crippen molar-refractivity contribution in [3.8, 4) is 0 Å². The number of allylic oxidation sites excluding steroid dienone is 1. The normalized spacial score (nSPS) is 12.7. The molecular weight excluding hydrogens is 216 g/mol. The summed E-state index contributed by atoms with van der Waals surface area (Å²) in [5.41, 5.74) is 1.40. The molecule has 98 valence electrons. The molecule has 0 aliphatic heterocycles. The zero-order valence-electron chi connectivity index (χ0n) is 11.3. The molecule has 0 aromatic heterocycles. The van der Waals surface area contributed by atoms with Gasteiger partial charge in [-0.2, -0.15) is 0 Å². The number of aliphatic imine (C=N–C) groups is 1. The largest absolute Gasteiger partial charge is 0.355 e. The standard InChI is InChI=1S/C12H24N4O/c1-10(12(17)14-4)11(2)16-9-8-15-7-5-6-13-3/h9,13,15H,5-8H2,1-4H3,(H,14,17)/b11-10+,16-9?. The summed E-state index contributed by atoms with van der Waals surface area (Å²) in [4.78, 5) is 15.5. The van der Waals surface area contributed by atoms with Crippen molar-refractivity contribution in [2.45, 2.75) is 20.3 Å². The minimum Gasteiger partial charge on any atom is -0.355 e. The number of carbonyl (C=O) groups is 1. The summed E-state index contributed by atoms with van der Waals surface area (Å²) in [7, 11) is 3.56. The number of hydrogen-bond donors (Lipinski definition) is 3. The summed E-state index contributed by atoms with van der Waals surface area (Å²) in [6.45, 7) is 6.30. The second kappa shape index (κ2) is 9.99. The molecule has 3 N–H and O–H groups in total. The molecule has 0 aliphatic rings. The molecule has 0 rings (SSSR count). The van der Waals surface area contributed by atoms with E-state index in [1.54, 1.807) is 20.2 Å². The Kier molecular flexibility index (Phi) is 9.28. The molecule has 0 aromatic carbocycles. The Morgan fingerprint density at radius 3 is 2.53 bits per heavy atom. The molecule has 0 unspecified atom stereocenters. The highest BCUT2D eigenvalue weighted by molar-refractivity contribution is 5.93. The average Bonchev–Trinajstić information content (AvgIpc) is 2.35. The van der Waals surface area contributed by atoms with E-state index in [-0.39, 0.29) is 5.91 Å². The lowest BCUT2D eigenvalue weighted by atomic mass is 10.2. The van der Waals surface area contributed by atoms with E-state index in [1.165, 1.54) is 0 Å². The van der Waals surface area contributed by atoms with Gasteiger partial charge in [0.05, 0.1) is 0 Å². The molecular formula is C12H24N4O. The third kappa shape index (κ3) is 7.65. The van der Waals surface area contributed by atoms with E-state index in [0.717, 1.165) is 31.8 Å². The van der Waals surface area contributed by atoms with Gasteiger partial charge >= 0.3 is 0 Å². The first-order valence-electron chi connectivity index (χ1n) is 5.90. The lowest BCUT2D eigenvalue weighted by Gasteiger charge is -2.02. The lowest BCUT2D eigenvalue weighted by Crippen LogP contribution is -2.21. The predicted molar refractivity (Wildman–Crippen MR) is 72.3 cm³/mol. The molecule has 0 aliphatic carbocycles. The van der Waals surface area contributed by atoms with Crippen LogP contribution < -0.4 is 16.0 Å². The smallest absolute Gasteiger partial charge is 0.248 e. The van der Waals surface area contributed by atoms with Gasteiger partial charge in [-0.3, -0.25) is 9.79 Å². The summed E-state index contributed by atoms with van der Waals surface area (Å²) >= 11 is 0. The first-order valence-corrected chi connectivity index (χ1v) is 5.90. The van der Waals surface area contributed by atoms with Gasteiger partial charge in [-0.1, -0.05) is 0 Å². The molecule has 0 saturated heterocycles. The van der Waals surface area contributed by atoms with Crippen molar-refractivity contribution in [2.24, 2.45) is 4.99 Å². The highest BCUT2D eigenvalue weighted by atomic mass is 16.1. The second-order valence-electron chi connectivity index (χ2n) is 3.76. The van der Waals surface area contributed by atoms with Crippen molar-refractivity contribution >= 4 is 12.1 Å². The molecule has 5 nitrogen and oxygen atoms in total. The predicted octanol–water partition coefficient (Wildman–Crippen LogP) is 0.296. The van der Waals surface area contributed by atoms with Gasteiger partial charge in [0.1, 0.15) is 0 Å². The maximum absolute atomic E-state index is 11.3. The lowest BCUT2D eigenvalue weighted by molar-refractivity contribution is -0.117. The maximum atomic E-state index is 11.3. The third-order valence-electron chi connectivity index (χ3n) is 2.41. The fraction of sp³-hybridized carbons (Fsp3) is 0.667. The molecule has 5 heteroatoms. The molecule has 0 saturated carbocycles. The van der Waals surface area contributed by atoms with Crippen LogP contribution in [0.3, 0.4) is 0 Å². The quantitative estimate of drug-likeness (QED) is 0.325. The van der Waals surface area contributed by atoms with Crippen LogP contribution in [0.5, 0.6) is 0 Å². The highest BCUT2D eigenvalue weighted by Crippen LogP contribution is 2.03. The van der Waals surface area contributed by atoms with E-state index in [2.05, 4.69) is 20.9 Å². The van der Waals surface area contributed by atoms with E-state index in [1.807, 2.05) is 14.0 Å². The van der Waals surface area contributed by atoms with Crippen LogP contribution in [0.4, 0.5) is 0 Å². The highest BCUT2D eigenvalue weighted by Gasteiger charge is 2.03. The van der Waals surface area contributed by atoms with Gasteiger partial charge in [0.25, 0.3) is 0 Å². The summed E-state index contributed by atoms with van der Waals surface area (Å²) < 4.78 is 0. The Labute approximate surface area is 104 Å². The Morgan fingerprint density at radius 1 is 1.24 bits per heavy atom. The van der Waals surface area contributed by atoms with Crippen LogP contribution in [0, 0.1) is 0 Å². The van der Waals surface area contributed by atoms with Crippen molar-refractivity contribution in [1.82, 2.24) is 16.0 Å². The Bertz CT molecular complexity index is 284. The fourth-order valence-corrected chi connectivity index (χ4v) is 1.19. The Morgan fingerprint density at radius 2 is 1.94 bits per heavy atom. The second-order valence-corrected chi connectivity index (χ2v) is 3.76. The van der Waals surface area contributed by atoms with Gasteiger partial charge < -0.3 is 16.0 Å². The summed E-state index contributed by atoms with van der Waals surface area (Å²) in [6, 6.07) is 0. The molecule has 0 bridgehead atoms. The number of hydrogen-bond acceptors (Lipinski definition) is 4. The van der Waals surface area contributed by atoms with Crippen LogP contribution in [0.15, 0.2) is 16.3 Å². The number of nitrogens with one attached hydrogen (secondary N) is 3. The van der Waals surface area contributed by atoms with Gasteiger partial charge in [0.2, 0.25) is 5.91 Å². The number of carbonyl (C=O) groups excluding carboxylic acids is 1. The summed E-state index contributed by atoms with van der Waals surface area (Å²) in [5.74, 6) is -0.0818. The van der Waals surface area contributed by atoms with Crippen LogP contribution in [-0.2, 0) is 4.79 Å². The van der Waals surface area contributed by atoms with Gasteiger partial charge in [0, 0.05) is 31.1 Å². The van der Waals surface area contributed by atoms with Crippen LogP contribution in [0.25, 0.3) is 0 Å². The van der Waals surface area contributed by atoms with Crippen molar-refractivity contribution < 1.29 is 4.79 Å².